The van der Waals surface area contributed by atoms with E-state index in [1.54, 1.807) is 0 Å². The number of hydrogen-bond donors (Lipinski definition) is 2. The van der Waals surface area contributed by atoms with Crippen molar-refractivity contribution in [1.29, 1.82) is 5.41 Å². The van der Waals surface area contributed by atoms with E-state index >= 15 is 0 Å². The lowest BCUT2D eigenvalue weighted by molar-refractivity contribution is -0.114. The van der Waals surface area contributed by atoms with Crippen LogP contribution in [-0.2, 0) is 4.79 Å². The third-order valence-electron chi connectivity index (χ3n) is 4.05. The van der Waals surface area contributed by atoms with Gasteiger partial charge in [0.25, 0.3) is 5.91 Å². The summed E-state index contributed by atoms with van der Waals surface area (Å²) in [5.74, 6) is -0.697. The normalized spacial score (nSPS) is 18.3. The number of aliphatic imine (C=N–C) groups is 1. The first-order valence-corrected chi connectivity index (χ1v) is 8.91. The minimum Gasteiger partial charge on any atom is -0.508 e. The largest absolute Gasteiger partial charge is 0.508 e. The molecule has 2 aliphatic rings. The van der Waals surface area contributed by atoms with Crippen LogP contribution in [0.5, 0.6) is 5.75 Å². The lowest BCUT2D eigenvalue weighted by Gasteiger charge is -2.20. The summed E-state index contributed by atoms with van der Waals surface area (Å²) in [6.07, 6.45) is 2.49. The quantitative estimate of drug-likeness (QED) is 0.771. The van der Waals surface area contributed by atoms with Crippen LogP contribution in [-0.4, -0.2) is 32.1 Å². The Kier molecular flexibility index (Phi) is 3.96. The Morgan fingerprint density at radius 2 is 2.11 bits per heavy atom. The molecule has 0 fully saturated rings. The van der Waals surface area contributed by atoms with Gasteiger partial charge in [0.1, 0.15) is 22.6 Å². The van der Waals surface area contributed by atoms with Gasteiger partial charge in [-0.05, 0) is 36.0 Å². The number of hydrogen-bond acceptors (Lipinski definition) is 7. The Morgan fingerprint density at radius 3 is 2.85 bits per heavy atom. The number of thioether (sulfide) groups is 1. The first kappa shape index (κ1) is 17.2. The van der Waals surface area contributed by atoms with Crippen LogP contribution < -0.4 is 5.43 Å². The summed E-state index contributed by atoms with van der Waals surface area (Å²) >= 11 is 1.25. The fourth-order valence-corrected chi connectivity index (χ4v) is 3.52. The molecular weight excluding hydrogens is 368 g/mol. The highest BCUT2D eigenvalue weighted by molar-refractivity contribution is 8.27. The van der Waals surface area contributed by atoms with Crippen LogP contribution in [0.3, 0.4) is 0 Å². The summed E-state index contributed by atoms with van der Waals surface area (Å²) < 4.78 is 5.41. The summed E-state index contributed by atoms with van der Waals surface area (Å²) in [5, 5.41) is 24.8. The molecule has 1 aromatic heterocycles. The van der Waals surface area contributed by atoms with E-state index in [-0.39, 0.29) is 34.0 Å². The van der Waals surface area contributed by atoms with E-state index in [0.717, 1.165) is 5.04 Å². The van der Waals surface area contributed by atoms with Gasteiger partial charge < -0.3 is 9.52 Å². The second kappa shape index (κ2) is 6.20. The number of fused-ring (bicyclic) bond motifs is 2. The summed E-state index contributed by atoms with van der Waals surface area (Å²) in [6, 6.07) is 4.19. The van der Waals surface area contributed by atoms with Crippen molar-refractivity contribution in [2.24, 2.45) is 16.0 Å². The van der Waals surface area contributed by atoms with Gasteiger partial charge in [-0.25, -0.2) is 0 Å². The summed E-state index contributed by atoms with van der Waals surface area (Å²) in [7, 11) is 0. The van der Waals surface area contributed by atoms with Crippen molar-refractivity contribution >= 4 is 50.8 Å². The highest BCUT2D eigenvalue weighted by atomic mass is 32.2. The molecule has 0 unspecified atom stereocenters. The number of hydrazone groups is 1. The molecule has 0 aliphatic carbocycles. The monoisotopic (exact) mass is 382 g/mol. The summed E-state index contributed by atoms with van der Waals surface area (Å²) in [5.41, 5.74) is -0.0794. The minimum atomic E-state index is -0.616. The molecule has 2 aromatic rings. The van der Waals surface area contributed by atoms with Crippen LogP contribution in [0, 0.1) is 11.3 Å². The van der Waals surface area contributed by atoms with Gasteiger partial charge in [-0.3, -0.25) is 15.0 Å². The second-order valence-electron chi connectivity index (χ2n) is 6.31. The molecule has 27 heavy (non-hydrogen) atoms. The van der Waals surface area contributed by atoms with E-state index in [0.29, 0.717) is 10.8 Å². The fourth-order valence-electron chi connectivity index (χ4n) is 2.63. The van der Waals surface area contributed by atoms with Crippen molar-refractivity contribution in [3.05, 3.63) is 45.8 Å². The molecule has 2 aliphatic heterocycles. The molecule has 0 saturated carbocycles. The van der Waals surface area contributed by atoms with E-state index in [4.69, 9.17) is 9.83 Å². The molecule has 0 bridgehead atoms. The standard InChI is InChI=1S/C18H14N4O4S/c1-8(2)17-21-22-15(19)12(16(25)20-18(22)27-17)5-9-7-26-13-4-3-10(23)6-11(13)14(9)24/h3-8,19,23H,1-2H3. The number of benzene rings is 1. The Balaban J connectivity index is 1.80. The van der Waals surface area contributed by atoms with Gasteiger partial charge in [-0.1, -0.05) is 13.8 Å². The van der Waals surface area contributed by atoms with Crippen LogP contribution in [0.25, 0.3) is 17.0 Å². The average molecular weight is 382 g/mol. The number of nitrogens with zero attached hydrogens (tertiary/aromatic N) is 3. The predicted octanol–water partition coefficient (Wildman–Crippen LogP) is 2.77. The molecular formula is C18H14N4O4S. The zero-order valence-corrected chi connectivity index (χ0v) is 15.2. The van der Waals surface area contributed by atoms with E-state index in [2.05, 4.69) is 10.1 Å². The molecule has 1 aromatic carbocycles. The SMILES string of the molecule is CC(C)C1=NN2C(=N)C(=Cc3coc4ccc(O)cc4c3=O)C(=O)N=C2S1. The van der Waals surface area contributed by atoms with E-state index in [1.165, 1.54) is 47.3 Å². The second-order valence-corrected chi connectivity index (χ2v) is 7.30. The summed E-state index contributed by atoms with van der Waals surface area (Å²) in [4.78, 5) is 29.0. The first-order chi connectivity index (χ1) is 12.8. The predicted molar refractivity (Wildman–Crippen MR) is 104 cm³/mol. The van der Waals surface area contributed by atoms with Crippen LogP contribution in [0.1, 0.15) is 19.4 Å². The van der Waals surface area contributed by atoms with Crippen LogP contribution in [0.15, 0.2) is 49.3 Å². The maximum atomic E-state index is 12.7. The molecule has 8 nitrogen and oxygen atoms in total. The van der Waals surface area contributed by atoms with Crippen molar-refractivity contribution in [3.8, 4) is 5.75 Å². The Bertz CT molecular complexity index is 1160. The number of carbonyl (C=O) groups excluding carboxylic acids is 1. The Labute approximate surface area is 157 Å². The molecule has 0 atom stereocenters. The number of phenolic OH excluding ortho intramolecular Hbond substituents is 1. The first-order valence-electron chi connectivity index (χ1n) is 8.10. The average Bonchev–Trinajstić information content (AvgIpc) is 3.05. The van der Waals surface area contributed by atoms with Crippen molar-refractivity contribution < 1.29 is 14.3 Å². The Morgan fingerprint density at radius 1 is 1.33 bits per heavy atom. The molecule has 4 rings (SSSR count). The minimum absolute atomic E-state index is 0.0556. The molecule has 0 saturated heterocycles. The number of carbonyl (C=O) groups is 1. The number of phenols is 1. The fraction of sp³-hybridized carbons (Fsp3) is 0.167. The van der Waals surface area contributed by atoms with Crippen molar-refractivity contribution in [1.82, 2.24) is 5.01 Å². The van der Waals surface area contributed by atoms with Gasteiger partial charge >= 0.3 is 0 Å². The van der Waals surface area contributed by atoms with E-state index < -0.39 is 11.3 Å². The maximum absolute atomic E-state index is 12.7. The van der Waals surface area contributed by atoms with Crippen molar-refractivity contribution in [2.75, 3.05) is 0 Å². The molecule has 1 amide bonds. The third-order valence-corrected chi connectivity index (χ3v) is 5.26. The number of nitrogens with one attached hydrogen (secondary N) is 1. The van der Waals surface area contributed by atoms with E-state index in [9.17, 15) is 14.7 Å². The van der Waals surface area contributed by atoms with Gasteiger partial charge in [0.2, 0.25) is 5.17 Å². The lowest BCUT2D eigenvalue weighted by Crippen LogP contribution is -2.35. The Hall–Kier alpha value is -3.20. The molecule has 2 N–H and O–H groups in total. The summed E-state index contributed by atoms with van der Waals surface area (Å²) in [6.45, 7) is 3.92. The highest BCUT2D eigenvalue weighted by Gasteiger charge is 2.36. The van der Waals surface area contributed by atoms with Crippen LogP contribution >= 0.6 is 11.8 Å². The zero-order valence-electron chi connectivity index (χ0n) is 14.4. The van der Waals surface area contributed by atoms with E-state index in [1.807, 2.05) is 13.8 Å². The van der Waals surface area contributed by atoms with Crippen LogP contribution in [0.2, 0.25) is 0 Å². The lowest BCUT2D eigenvalue weighted by atomic mass is 10.1. The molecule has 9 heteroatoms. The van der Waals surface area contributed by atoms with Gasteiger partial charge in [0.05, 0.1) is 16.5 Å². The van der Waals surface area contributed by atoms with Crippen molar-refractivity contribution in [3.63, 3.8) is 0 Å². The zero-order chi connectivity index (χ0) is 19.3. The van der Waals surface area contributed by atoms with Gasteiger partial charge in [0, 0.05) is 5.92 Å². The number of aromatic hydroxyl groups is 1. The number of amides is 1. The molecule has 0 radical (unpaired) electrons. The number of rotatable bonds is 2. The van der Waals surface area contributed by atoms with Gasteiger partial charge in [-0.15, -0.1) is 0 Å². The molecule has 136 valence electrons. The van der Waals surface area contributed by atoms with Crippen molar-refractivity contribution in [2.45, 2.75) is 13.8 Å². The smallest absolute Gasteiger partial charge is 0.283 e. The third kappa shape index (κ3) is 2.85. The van der Waals surface area contributed by atoms with Gasteiger partial charge in [0.15, 0.2) is 11.3 Å². The van der Waals surface area contributed by atoms with Crippen LogP contribution in [0.4, 0.5) is 0 Å². The topological polar surface area (TPSA) is 119 Å². The molecule has 3 heterocycles. The maximum Gasteiger partial charge on any atom is 0.283 e. The number of amidine groups is 2. The van der Waals surface area contributed by atoms with Gasteiger partial charge in [-0.2, -0.15) is 15.1 Å². The molecule has 0 spiro atoms. The highest BCUT2D eigenvalue weighted by Crippen LogP contribution is 2.30.